The van der Waals surface area contributed by atoms with E-state index in [1.807, 2.05) is 0 Å². The van der Waals surface area contributed by atoms with Crippen LogP contribution in [0.3, 0.4) is 0 Å². The van der Waals surface area contributed by atoms with Crippen molar-refractivity contribution in [3.8, 4) is 0 Å². The monoisotopic (exact) mass is 248 g/mol. The van der Waals surface area contributed by atoms with E-state index in [0.29, 0.717) is 5.92 Å². The summed E-state index contributed by atoms with van der Waals surface area (Å²) in [5.41, 5.74) is 3.10. The van der Waals surface area contributed by atoms with Crippen molar-refractivity contribution >= 4 is 0 Å². The first kappa shape index (κ1) is 17.2. The van der Waals surface area contributed by atoms with Crippen LogP contribution in [0.25, 0.3) is 0 Å². The van der Waals surface area contributed by atoms with Crippen molar-refractivity contribution in [1.29, 1.82) is 0 Å². The van der Waals surface area contributed by atoms with Crippen LogP contribution in [0, 0.1) is 11.8 Å². The molecule has 2 unspecified atom stereocenters. The van der Waals surface area contributed by atoms with Crippen molar-refractivity contribution < 1.29 is 0 Å². The second-order valence-electron chi connectivity index (χ2n) is 5.47. The predicted molar refractivity (Wildman–Crippen MR) is 84.8 cm³/mol. The van der Waals surface area contributed by atoms with Crippen LogP contribution in [-0.4, -0.2) is 0 Å². The fourth-order valence-electron chi connectivity index (χ4n) is 2.42. The summed E-state index contributed by atoms with van der Waals surface area (Å²) in [6, 6.07) is 0. The molecule has 0 N–H and O–H groups in total. The van der Waals surface area contributed by atoms with E-state index in [1.165, 1.54) is 24.8 Å². The molecular weight excluding hydrogens is 216 g/mol. The summed E-state index contributed by atoms with van der Waals surface area (Å²) in [6.07, 6.45) is 14.1. The SMILES string of the molecule is CC=CC(C)CC(CCC(C)=CC)C(C)=CCC. The summed E-state index contributed by atoms with van der Waals surface area (Å²) >= 11 is 0. The number of hydrogen-bond donors (Lipinski definition) is 0. The molecule has 0 bridgehead atoms. The molecule has 2 atom stereocenters. The quantitative estimate of drug-likeness (QED) is 0.442. The molecule has 0 nitrogen and oxygen atoms in total. The summed E-state index contributed by atoms with van der Waals surface area (Å²) in [4.78, 5) is 0. The topological polar surface area (TPSA) is 0 Å². The molecule has 104 valence electrons. The minimum atomic E-state index is 0.686. The second-order valence-corrected chi connectivity index (χ2v) is 5.47. The van der Waals surface area contributed by atoms with E-state index in [1.54, 1.807) is 5.57 Å². The van der Waals surface area contributed by atoms with Gasteiger partial charge in [0.2, 0.25) is 0 Å². The van der Waals surface area contributed by atoms with Gasteiger partial charge in [-0.15, -0.1) is 0 Å². The van der Waals surface area contributed by atoms with Gasteiger partial charge in [-0.2, -0.15) is 0 Å². The van der Waals surface area contributed by atoms with Crippen LogP contribution < -0.4 is 0 Å². The van der Waals surface area contributed by atoms with Crippen LogP contribution in [0.1, 0.15) is 67.2 Å². The van der Waals surface area contributed by atoms with Gasteiger partial charge in [-0.3, -0.25) is 0 Å². The van der Waals surface area contributed by atoms with Crippen LogP contribution in [0.2, 0.25) is 0 Å². The third kappa shape index (κ3) is 7.53. The number of hydrogen-bond acceptors (Lipinski definition) is 0. The first-order valence-electron chi connectivity index (χ1n) is 7.46. The Morgan fingerprint density at radius 1 is 1.17 bits per heavy atom. The molecule has 0 heterocycles. The number of rotatable bonds is 8. The Labute approximate surface area is 115 Å². The fraction of sp³-hybridized carbons (Fsp3) is 0.667. The molecule has 0 aliphatic carbocycles. The van der Waals surface area contributed by atoms with Gasteiger partial charge < -0.3 is 0 Å². The average Bonchev–Trinajstić information content (AvgIpc) is 2.34. The fourth-order valence-corrected chi connectivity index (χ4v) is 2.42. The Morgan fingerprint density at radius 3 is 2.33 bits per heavy atom. The zero-order valence-corrected chi connectivity index (χ0v) is 13.3. The van der Waals surface area contributed by atoms with Crippen molar-refractivity contribution in [2.75, 3.05) is 0 Å². The van der Waals surface area contributed by atoms with Crippen LogP contribution in [0.15, 0.2) is 35.5 Å². The maximum absolute atomic E-state index is 2.40. The van der Waals surface area contributed by atoms with Gasteiger partial charge >= 0.3 is 0 Å². The normalized spacial score (nSPS) is 17.2. The van der Waals surface area contributed by atoms with Gasteiger partial charge in [-0.1, -0.05) is 49.3 Å². The Balaban J connectivity index is 4.57. The third-order valence-corrected chi connectivity index (χ3v) is 3.73. The lowest BCUT2D eigenvalue weighted by atomic mass is 9.85. The van der Waals surface area contributed by atoms with E-state index in [0.717, 1.165) is 12.3 Å². The molecule has 0 spiro atoms. The van der Waals surface area contributed by atoms with E-state index < -0.39 is 0 Å². The molecule has 0 heteroatoms. The first-order valence-corrected chi connectivity index (χ1v) is 7.46. The first-order chi connectivity index (χ1) is 8.54. The molecule has 0 rings (SSSR count). The molecule has 0 amide bonds. The minimum Gasteiger partial charge on any atom is -0.0914 e. The molecule has 18 heavy (non-hydrogen) atoms. The van der Waals surface area contributed by atoms with Crippen molar-refractivity contribution in [1.82, 2.24) is 0 Å². The van der Waals surface area contributed by atoms with Crippen molar-refractivity contribution in [2.24, 2.45) is 11.8 Å². The minimum absolute atomic E-state index is 0.686. The highest BCUT2D eigenvalue weighted by Gasteiger charge is 2.13. The molecule has 0 aromatic heterocycles. The lowest BCUT2D eigenvalue weighted by molar-refractivity contribution is 0.457. The Bertz CT molecular complexity index is 291. The van der Waals surface area contributed by atoms with Gasteiger partial charge in [0, 0.05) is 0 Å². The summed E-state index contributed by atoms with van der Waals surface area (Å²) in [5, 5.41) is 0. The molecule has 0 aliphatic rings. The lowest BCUT2D eigenvalue weighted by Gasteiger charge is -2.21. The van der Waals surface area contributed by atoms with Gasteiger partial charge in [-0.25, -0.2) is 0 Å². The molecule has 0 aromatic carbocycles. The number of allylic oxidation sites excluding steroid dienone is 6. The van der Waals surface area contributed by atoms with E-state index >= 15 is 0 Å². The van der Waals surface area contributed by atoms with Gasteiger partial charge in [0.15, 0.2) is 0 Å². The van der Waals surface area contributed by atoms with E-state index in [-0.39, 0.29) is 0 Å². The zero-order valence-electron chi connectivity index (χ0n) is 13.3. The summed E-state index contributed by atoms with van der Waals surface area (Å²) < 4.78 is 0. The summed E-state index contributed by atoms with van der Waals surface area (Å²) in [7, 11) is 0. The average molecular weight is 248 g/mol. The summed E-state index contributed by atoms with van der Waals surface area (Å²) in [5.74, 6) is 1.43. The van der Waals surface area contributed by atoms with Crippen molar-refractivity contribution in [3.05, 3.63) is 35.5 Å². The third-order valence-electron chi connectivity index (χ3n) is 3.73. The standard InChI is InChI=1S/C18H32/c1-7-10-16(5)14-18(17(6)11-8-2)13-12-15(4)9-3/h7,9-11,16,18H,8,12-14H2,1-6H3. The lowest BCUT2D eigenvalue weighted by Crippen LogP contribution is -2.07. The van der Waals surface area contributed by atoms with E-state index in [2.05, 4.69) is 65.8 Å². The smallest absolute Gasteiger partial charge is 0.0197 e. The van der Waals surface area contributed by atoms with Gasteiger partial charge in [0.1, 0.15) is 0 Å². The van der Waals surface area contributed by atoms with Crippen LogP contribution in [0.4, 0.5) is 0 Å². The zero-order chi connectivity index (χ0) is 14.0. The molecule has 0 fully saturated rings. The van der Waals surface area contributed by atoms with Crippen LogP contribution >= 0.6 is 0 Å². The molecule has 0 saturated carbocycles. The molecule has 0 saturated heterocycles. The van der Waals surface area contributed by atoms with Gasteiger partial charge in [-0.05, 0) is 65.2 Å². The van der Waals surface area contributed by atoms with E-state index in [9.17, 15) is 0 Å². The summed E-state index contributed by atoms with van der Waals surface area (Å²) in [6.45, 7) is 13.4. The Kier molecular flexibility index (Phi) is 9.73. The van der Waals surface area contributed by atoms with Gasteiger partial charge in [0.25, 0.3) is 0 Å². The van der Waals surface area contributed by atoms with E-state index in [4.69, 9.17) is 0 Å². The van der Waals surface area contributed by atoms with Gasteiger partial charge in [0.05, 0.1) is 0 Å². The molecule has 0 radical (unpaired) electrons. The maximum atomic E-state index is 2.40. The highest BCUT2D eigenvalue weighted by Crippen LogP contribution is 2.27. The maximum Gasteiger partial charge on any atom is -0.0197 e. The van der Waals surface area contributed by atoms with Crippen molar-refractivity contribution in [3.63, 3.8) is 0 Å². The molecular formula is C18H32. The Morgan fingerprint density at radius 2 is 1.83 bits per heavy atom. The van der Waals surface area contributed by atoms with Crippen molar-refractivity contribution in [2.45, 2.75) is 67.2 Å². The predicted octanol–water partition coefficient (Wildman–Crippen LogP) is 6.31. The highest BCUT2D eigenvalue weighted by atomic mass is 14.2. The second kappa shape index (κ2) is 10.2. The molecule has 0 aromatic rings. The van der Waals surface area contributed by atoms with Crippen LogP contribution in [-0.2, 0) is 0 Å². The molecule has 0 aliphatic heterocycles. The largest absolute Gasteiger partial charge is 0.0914 e. The highest BCUT2D eigenvalue weighted by molar-refractivity contribution is 5.06. The Hall–Kier alpha value is -0.780. The van der Waals surface area contributed by atoms with Crippen LogP contribution in [0.5, 0.6) is 0 Å².